The highest BCUT2D eigenvalue weighted by Crippen LogP contribution is 2.46. The summed E-state index contributed by atoms with van der Waals surface area (Å²) in [6.07, 6.45) is 6.33. The fourth-order valence-electron chi connectivity index (χ4n) is 2.90. The largest absolute Gasteiger partial charge is 0.463 e. The van der Waals surface area contributed by atoms with E-state index in [9.17, 15) is 4.79 Å². The van der Waals surface area contributed by atoms with Gasteiger partial charge in [0.1, 0.15) is 0 Å². The summed E-state index contributed by atoms with van der Waals surface area (Å²) >= 11 is 0. The zero-order valence-electron chi connectivity index (χ0n) is 10.3. The van der Waals surface area contributed by atoms with Crippen LogP contribution in [-0.4, -0.2) is 19.1 Å². The summed E-state index contributed by atoms with van der Waals surface area (Å²) in [5.41, 5.74) is 2.33. The number of allylic oxidation sites excluding steroid dienone is 1. The third-order valence-corrected chi connectivity index (χ3v) is 3.93. The molecule has 16 heavy (non-hydrogen) atoms. The molecule has 1 heterocycles. The molecule has 2 aliphatic rings. The average Bonchev–Trinajstić information content (AvgIpc) is 2.89. The Hall–Kier alpha value is -0.990. The Morgan fingerprint density at radius 2 is 2.12 bits per heavy atom. The van der Waals surface area contributed by atoms with E-state index in [0.717, 1.165) is 24.2 Å². The van der Waals surface area contributed by atoms with E-state index in [1.807, 2.05) is 13.8 Å². The van der Waals surface area contributed by atoms with Gasteiger partial charge in [-0.2, -0.15) is 0 Å². The predicted molar refractivity (Wildman–Crippen MR) is 62.9 cm³/mol. The van der Waals surface area contributed by atoms with Crippen LogP contribution in [0.15, 0.2) is 11.3 Å². The van der Waals surface area contributed by atoms with Gasteiger partial charge in [-0.15, -0.1) is 0 Å². The third-order valence-electron chi connectivity index (χ3n) is 3.93. The Balaban J connectivity index is 2.06. The zero-order chi connectivity index (χ0) is 11.6. The van der Waals surface area contributed by atoms with Gasteiger partial charge in [0.25, 0.3) is 0 Å². The second kappa shape index (κ2) is 4.48. The number of carbonyl (C=O) groups excluding carboxylic acids is 1. The zero-order valence-corrected chi connectivity index (χ0v) is 10.3. The van der Waals surface area contributed by atoms with Crippen LogP contribution in [0.3, 0.4) is 0 Å². The van der Waals surface area contributed by atoms with Crippen molar-refractivity contribution >= 4 is 5.97 Å². The van der Waals surface area contributed by atoms with Gasteiger partial charge in [0.05, 0.1) is 12.2 Å². The maximum absolute atomic E-state index is 11.6. The maximum atomic E-state index is 11.6. The molecule has 1 saturated carbocycles. The van der Waals surface area contributed by atoms with Gasteiger partial charge in [-0.1, -0.05) is 12.8 Å². The van der Waals surface area contributed by atoms with Gasteiger partial charge in [-0.3, -0.25) is 0 Å². The molecule has 1 spiro atoms. The first-order chi connectivity index (χ1) is 7.67. The van der Waals surface area contributed by atoms with Crippen molar-refractivity contribution in [2.45, 2.75) is 46.0 Å². The highest BCUT2D eigenvalue weighted by Gasteiger charge is 2.39. The van der Waals surface area contributed by atoms with Crippen LogP contribution in [0.5, 0.6) is 0 Å². The van der Waals surface area contributed by atoms with Crippen molar-refractivity contribution in [2.75, 3.05) is 13.2 Å². The van der Waals surface area contributed by atoms with Gasteiger partial charge in [-0.05, 0) is 38.5 Å². The molecule has 0 atom stereocenters. The number of rotatable bonds is 2. The second-order valence-electron chi connectivity index (χ2n) is 5.06. The van der Waals surface area contributed by atoms with E-state index in [1.165, 1.54) is 25.7 Å². The first-order valence-electron chi connectivity index (χ1n) is 6.28. The lowest BCUT2D eigenvalue weighted by atomic mass is 9.84. The van der Waals surface area contributed by atoms with Gasteiger partial charge in [0.15, 0.2) is 0 Å². The highest BCUT2D eigenvalue weighted by molar-refractivity contribution is 5.88. The van der Waals surface area contributed by atoms with E-state index in [1.54, 1.807) is 0 Å². The molecule has 0 radical (unpaired) electrons. The van der Waals surface area contributed by atoms with E-state index in [2.05, 4.69) is 5.32 Å². The highest BCUT2D eigenvalue weighted by atomic mass is 16.5. The van der Waals surface area contributed by atoms with Gasteiger partial charge >= 0.3 is 5.97 Å². The topological polar surface area (TPSA) is 38.3 Å². The van der Waals surface area contributed by atoms with Crippen LogP contribution in [0.1, 0.15) is 46.0 Å². The van der Waals surface area contributed by atoms with Crippen molar-refractivity contribution in [1.29, 1.82) is 0 Å². The Morgan fingerprint density at radius 3 is 2.75 bits per heavy atom. The normalized spacial score (nSPS) is 25.6. The van der Waals surface area contributed by atoms with Crippen LogP contribution in [0.4, 0.5) is 0 Å². The molecular weight excluding hydrogens is 202 g/mol. The van der Waals surface area contributed by atoms with Crippen LogP contribution < -0.4 is 5.32 Å². The lowest BCUT2D eigenvalue weighted by Crippen LogP contribution is -2.19. The third kappa shape index (κ3) is 2.08. The fourth-order valence-corrected chi connectivity index (χ4v) is 2.90. The van der Waals surface area contributed by atoms with Crippen LogP contribution in [0.25, 0.3) is 0 Å². The fraction of sp³-hybridized carbons (Fsp3) is 0.769. The first-order valence-corrected chi connectivity index (χ1v) is 6.28. The smallest absolute Gasteiger partial charge is 0.335 e. The summed E-state index contributed by atoms with van der Waals surface area (Å²) in [6.45, 7) is 5.21. The van der Waals surface area contributed by atoms with Gasteiger partial charge in [-0.25, -0.2) is 4.79 Å². The van der Waals surface area contributed by atoms with Gasteiger partial charge < -0.3 is 10.1 Å². The summed E-state index contributed by atoms with van der Waals surface area (Å²) in [7, 11) is 0. The lowest BCUT2D eigenvalue weighted by Gasteiger charge is -2.19. The molecule has 3 nitrogen and oxygen atoms in total. The molecule has 90 valence electrons. The summed E-state index contributed by atoms with van der Waals surface area (Å²) in [5.74, 6) is -0.167. The van der Waals surface area contributed by atoms with E-state index in [-0.39, 0.29) is 5.97 Å². The molecule has 2 rings (SSSR count). The molecule has 0 aromatic rings. The second-order valence-corrected chi connectivity index (χ2v) is 5.06. The molecule has 3 heteroatoms. The van der Waals surface area contributed by atoms with Crippen molar-refractivity contribution in [2.24, 2.45) is 5.41 Å². The van der Waals surface area contributed by atoms with E-state index < -0.39 is 0 Å². The molecule has 0 unspecified atom stereocenters. The van der Waals surface area contributed by atoms with Crippen LogP contribution in [0.2, 0.25) is 0 Å². The van der Waals surface area contributed by atoms with Crippen molar-refractivity contribution < 1.29 is 9.53 Å². The number of nitrogens with one attached hydrogen (secondary N) is 1. The number of hydrogen-bond donors (Lipinski definition) is 1. The first kappa shape index (κ1) is 11.5. The molecule has 0 bridgehead atoms. The molecule has 1 aliphatic heterocycles. The average molecular weight is 223 g/mol. The van der Waals surface area contributed by atoms with Crippen molar-refractivity contribution in [3.8, 4) is 0 Å². The van der Waals surface area contributed by atoms with Crippen LogP contribution >= 0.6 is 0 Å². The van der Waals surface area contributed by atoms with E-state index >= 15 is 0 Å². The van der Waals surface area contributed by atoms with Crippen LogP contribution in [0, 0.1) is 5.41 Å². The van der Waals surface area contributed by atoms with Crippen molar-refractivity contribution in [1.82, 2.24) is 5.32 Å². The minimum Gasteiger partial charge on any atom is -0.463 e. The van der Waals surface area contributed by atoms with Crippen molar-refractivity contribution in [3.63, 3.8) is 0 Å². The molecule has 0 aromatic heterocycles. The predicted octanol–water partition coefficient (Wildman–Crippen LogP) is 2.38. The minimum atomic E-state index is -0.167. The Labute approximate surface area is 97.2 Å². The van der Waals surface area contributed by atoms with E-state index in [4.69, 9.17) is 4.74 Å². The Kier molecular flexibility index (Phi) is 3.22. The molecule has 2 fully saturated rings. The number of hydrogen-bond acceptors (Lipinski definition) is 3. The molecular formula is C13H21NO2. The number of carbonyl (C=O) groups is 1. The standard InChI is InChI=1S/C13H21NO2/c1-3-16-12(15)10(2)11-8-13(9-14-11)6-4-5-7-13/h14H,3-9H2,1-2H3/b11-10+. The summed E-state index contributed by atoms with van der Waals surface area (Å²) in [4.78, 5) is 11.6. The lowest BCUT2D eigenvalue weighted by molar-refractivity contribution is -0.138. The Bertz CT molecular complexity index is 314. The number of esters is 1. The Morgan fingerprint density at radius 1 is 1.44 bits per heavy atom. The summed E-state index contributed by atoms with van der Waals surface area (Å²) in [6, 6.07) is 0. The molecule has 1 saturated heterocycles. The minimum absolute atomic E-state index is 0.167. The molecule has 1 aliphatic carbocycles. The SMILES string of the molecule is CCOC(=O)/C(C)=C1\CC2(CCCC2)CN1. The van der Waals surface area contributed by atoms with E-state index in [0.29, 0.717) is 12.0 Å². The number of ether oxygens (including phenoxy) is 1. The monoisotopic (exact) mass is 223 g/mol. The molecule has 0 aromatic carbocycles. The van der Waals surface area contributed by atoms with Crippen LogP contribution in [-0.2, 0) is 9.53 Å². The molecule has 0 amide bonds. The van der Waals surface area contributed by atoms with Gasteiger partial charge in [0.2, 0.25) is 0 Å². The quantitative estimate of drug-likeness (QED) is 0.577. The van der Waals surface area contributed by atoms with Gasteiger partial charge in [0, 0.05) is 12.2 Å². The maximum Gasteiger partial charge on any atom is 0.335 e. The summed E-state index contributed by atoms with van der Waals surface area (Å²) in [5, 5.41) is 3.41. The van der Waals surface area contributed by atoms with Crippen molar-refractivity contribution in [3.05, 3.63) is 11.3 Å². The summed E-state index contributed by atoms with van der Waals surface area (Å²) < 4.78 is 5.03. The molecule has 1 N–H and O–H groups in total.